The average Bonchev–Trinajstić information content (AvgIpc) is 1.74. The maximum absolute atomic E-state index is 9.24. The van der Waals surface area contributed by atoms with E-state index in [2.05, 4.69) is 399 Å². The average molecular weight is 2350 g/mol. The van der Waals surface area contributed by atoms with E-state index in [4.69, 9.17) is 38.2 Å². The summed E-state index contributed by atoms with van der Waals surface area (Å²) < 4.78 is 25.9. The summed E-state index contributed by atoms with van der Waals surface area (Å²) in [6.07, 6.45) is 5.42. The Morgan fingerprint density at radius 2 is 0.388 bits per heavy atom. The SMILES string of the molecule is Brc1ccc(-c2ccc3ccc4ccc(-c5ccc(Br)cc5)nc4c3n2)cc1.Brc1ccc(-c2ccc3ccc4cccnc4c3n2)cc1.Brc1ccc(Br)cc1.Brc1ccc(Br)cc1.OB(O)c1cccc2c1oc1ccccc12.c1ccc2c(c1)oc1c(-c3ccc(-c4ccc5ccc6ccc(-c7ccc(-c8cccc9c8oc8ccccc89)cc7)nc6c5n4)cc3)cccc12.c1cnc2c(c1)ccc1cccnc12. The van der Waals surface area contributed by atoms with Crippen LogP contribution in [-0.2, 0) is 0 Å². The quantitative estimate of drug-likeness (QED) is 0.108. The minimum atomic E-state index is -1.51. The summed E-state index contributed by atoms with van der Waals surface area (Å²) in [6, 6.07) is 150. The van der Waals surface area contributed by atoms with Gasteiger partial charge in [-0.3, -0.25) is 15.0 Å². The molecule has 0 atom stereocenters. The Morgan fingerprint density at radius 3 is 0.673 bits per heavy atom. The van der Waals surface area contributed by atoms with Crippen LogP contribution in [0, 0.1) is 0 Å². The molecule has 0 fully saturated rings. The molecule has 17 aromatic carbocycles. The van der Waals surface area contributed by atoms with Crippen LogP contribution in [0.25, 0.3) is 232 Å². The highest BCUT2D eigenvalue weighted by atomic mass is 79.9. The third-order valence-corrected chi connectivity index (χ3v) is 29.0. The second-order valence-corrected chi connectivity index (χ2v) is 41.0. The molecule has 28 aromatic rings. The van der Waals surface area contributed by atoms with Gasteiger partial charge in [-0.25, -0.2) is 24.9 Å². The Kier molecular flexibility index (Phi) is 28.6. The van der Waals surface area contributed by atoms with Gasteiger partial charge in [0, 0.05) is 170 Å². The number of nitrogens with zero attached hydrogens (tertiary/aromatic N) is 8. The topological polar surface area (TPSA) is 183 Å². The molecule has 0 saturated heterocycles. The fourth-order valence-corrected chi connectivity index (χ4v) is 19.9. The molecule has 13 nitrogen and oxygen atoms in total. The molecule has 11 aromatic heterocycles. The molecule has 147 heavy (non-hydrogen) atoms. The van der Waals surface area contributed by atoms with Crippen molar-refractivity contribution in [3.8, 4) is 78.5 Å². The van der Waals surface area contributed by atoms with Crippen LogP contribution in [-0.4, -0.2) is 57.0 Å². The summed E-state index contributed by atoms with van der Waals surface area (Å²) >= 11 is 23.7. The van der Waals surface area contributed by atoms with E-state index >= 15 is 0 Å². The first-order valence-corrected chi connectivity index (χ1v) is 52.6. The Bertz CT molecular complexity index is 9300. The Hall–Kier alpha value is -15.2. The van der Waals surface area contributed by atoms with Gasteiger partial charge in [-0.15, -0.1) is 0 Å². The fourth-order valence-electron chi connectivity index (χ4n) is 18.0. The highest BCUT2D eigenvalue weighted by molar-refractivity contribution is 9.11. The lowest BCUT2D eigenvalue weighted by atomic mass is 9.79. The zero-order valence-corrected chi connectivity index (χ0v) is 88.9. The standard InChI is InChI=1S/C48H28N2O2.C24H14Br2N2.C18H11BrN2.C12H9BO3.C12H8N2.2C6H4Br2/c1-3-13-43-37(7-1)39-11-5-9-35(47(39)51-43)29-15-19-31(20-16-29)41-27-25-33-23-24-34-26-28-42(50-46(34)45(33)49-41)32-21-17-30(18-22-32)36-10-6-12-40-38-8-2-4-14-44(38)52-48(36)40;25-19-9-3-15(4-10-19)21-13-7-17-1-2-18-8-14-22(28-24(18)23(17)27-21)16-5-11-20(26)12-6-16;19-15-8-5-12(6-9-15)16-10-7-14-4-3-13-2-1-11-20-17(13)18(14)21-16;14-13(15)10-6-3-5-9-8-4-1-2-7-11(8)16-12(9)10;1-3-9-5-6-10-4-2-8-14-12(10)11(9)13-7-1;2*7-5-1-2-6(8)4-3-5/h1-28H;1-14H;1-11H;1-7,14-15H;1-8H;2*1-4H. The van der Waals surface area contributed by atoms with E-state index in [0.717, 1.165) is 257 Å². The molecular weight excluding hydrogens is 2280 g/mol. The number of fused-ring (bicyclic) bond motifs is 21. The van der Waals surface area contributed by atoms with Gasteiger partial charge in [0.2, 0.25) is 0 Å². The van der Waals surface area contributed by atoms with E-state index in [1.807, 2.05) is 164 Å². The summed E-state index contributed by atoms with van der Waals surface area (Å²) in [5.74, 6) is 0. The molecule has 704 valence electrons. The molecule has 28 rings (SSSR count). The first-order chi connectivity index (χ1) is 72.0. The fraction of sp³-hybridized carbons (Fsp3) is 0. The van der Waals surface area contributed by atoms with Crippen molar-refractivity contribution in [2.75, 3.05) is 0 Å². The van der Waals surface area contributed by atoms with Crippen LogP contribution in [0.3, 0.4) is 0 Å². The van der Waals surface area contributed by atoms with E-state index in [1.165, 1.54) is 0 Å². The normalized spacial score (nSPS) is 11.2. The Morgan fingerprint density at radius 1 is 0.177 bits per heavy atom. The lowest BCUT2D eigenvalue weighted by Crippen LogP contribution is -2.29. The predicted octanol–water partition coefficient (Wildman–Crippen LogP) is 36.6. The molecule has 0 amide bonds. The number of benzene rings is 17. The second kappa shape index (κ2) is 43.6. The maximum Gasteiger partial charge on any atom is 0.492 e. The highest BCUT2D eigenvalue weighted by Gasteiger charge is 2.22. The molecule has 0 spiro atoms. The molecule has 0 aliphatic rings. The van der Waals surface area contributed by atoms with Crippen LogP contribution in [0.5, 0.6) is 0 Å². The van der Waals surface area contributed by atoms with Crippen LogP contribution >= 0.6 is 112 Å². The molecular formula is C126H78BBr7N8O5. The van der Waals surface area contributed by atoms with Gasteiger partial charge in [0.15, 0.2) is 0 Å². The second-order valence-electron chi connectivity index (χ2n) is 34.6. The van der Waals surface area contributed by atoms with Gasteiger partial charge in [-0.1, -0.05) is 403 Å². The largest absolute Gasteiger partial charge is 0.492 e. The molecule has 0 bridgehead atoms. The van der Waals surface area contributed by atoms with Crippen molar-refractivity contribution >= 4 is 277 Å². The Labute approximate surface area is 902 Å². The predicted molar refractivity (Wildman–Crippen MR) is 631 cm³/mol. The summed E-state index contributed by atoms with van der Waals surface area (Å²) in [6.45, 7) is 0. The number of hydrogen-bond acceptors (Lipinski definition) is 13. The van der Waals surface area contributed by atoms with E-state index in [0.29, 0.717) is 11.0 Å². The number of para-hydroxylation sites is 6. The maximum atomic E-state index is 9.24. The van der Waals surface area contributed by atoms with Crippen molar-refractivity contribution in [1.29, 1.82) is 0 Å². The van der Waals surface area contributed by atoms with Gasteiger partial charge < -0.3 is 23.3 Å². The van der Waals surface area contributed by atoms with E-state index in [9.17, 15) is 10.0 Å². The highest BCUT2D eigenvalue weighted by Crippen LogP contribution is 2.42. The van der Waals surface area contributed by atoms with Crippen molar-refractivity contribution in [3.05, 3.63) is 493 Å². The van der Waals surface area contributed by atoms with Crippen LogP contribution in [0.4, 0.5) is 0 Å². The molecule has 0 aliphatic carbocycles. The van der Waals surface area contributed by atoms with Gasteiger partial charge >= 0.3 is 7.12 Å². The summed E-state index contributed by atoms with van der Waals surface area (Å²) in [5, 5.41) is 33.7. The molecule has 0 unspecified atom stereocenters. The number of aromatic nitrogens is 8. The zero-order valence-electron chi connectivity index (χ0n) is 77.8. The molecule has 21 heteroatoms. The minimum absolute atomic E-state index is 0.397. The summed E-state index contributed by atoms with van der Waals surface area (Å²) in [7, 11) is -1.51. The van der Waals surface area contributed by atoms with Crippen molar-refractivity contribution in [2.24, 2.45) is 0 Å². The van der Waals surface area contributed by atoms with Gasteiger partial charge in [0.1, 0.15) is 33.5 Å². The molecule has 0 aliphatic heterocycles. The number of rotatable bonds is 8. The number of furan rings is 3. The zero-order chi connectivity index (χ0) is 100.0. The van der Waals surface area contributed by atoms with Gasteiger partial charge in [-0.2, -0.15) is 0 Å². The third kappa shape index (κ3) is 21.2. The van der Waals surface area contributed by atoms with Gasteiger partial charge in [0.05, 0.1) is 72.6 Å². The summed E-state index contributed by atoms with van der Waals surface area (Å²) in [5.41, 5.74) is 27.2. The van der Waals surface area contributed by atoms with Gasteiger partial charge in [0.25, 0.3) is 0 Å². The van der Waals surface area contributed by atoms with Crippen LogP contribution in [0.2, 0.25) is 0 Å². The lowest BCUT2D eigenvalue weighted by molar-refractivity contribution is 0.425. The molecule has 0 radical (unpaired) electrons. The smallest absolute Gasteiger partial charge is 0.456 e. The van der Waals surface area contributed by atoms with Crippen LogP contribution in [0.15, 0.2) is 506 Å². The van der Waals surface area contributed by atoms with Crippen molar-refractivity contribution < 1.29 is 23.3 Å². The van der Waals surface area contributed by atoms with Crippen molar-refractivity contribution in [3.63, 3.8) is 0 Å². The van der Waals surface area contributed by atoms with E-state index in [1.54, 1.807) is 24.5 Å². The molecule has 2 N–H and O–H groups in total. The van der Waals surface area contributed by atoms with Crippen LogP contribution in [0.1, 0.15) is 0 Å². The van der Waals surface area contributed by atoms with E-state index < -0.39 is 7.12 Å². The lowest BCUT2D eigenvalue weighted by Gasteiger charge is -2.09. The Balaban J connectivity index is 0.000000108. The van der Waals surface area contributed by atoms with E-state index in [-0.39, 0.29) is 0 Å². The van der Waals surface area contributed by atoms with Crippen LogP contribution < -0.4 is 5.46 Å². The number of pyridine rings is 8. The number of hydrogen-bond donors (Lipinski definition) is 2. The molecule has 0 saturated carbocycles. The first-order valence-electron chi connectivity index (χ1n) is 47.1. The number of halogens is 7. The monoisotopic (exact) mass is 2350 g/mol. The van der Waals surface area contributed by atoms with Crippen molar-refractivity contribution in [2.45, 2.75) is 0 Å². The third-order valence-electron chi connectivity index (χ3n) is 25.3. The summed E-state index contributed by atoms with van der Waals surface area (Å²) in [4.78, 5) is 38.3. The molecule has 11 heterocycles. The van der Waals surface area contributed by atoms with Gasteiger partial charge in [-0.05, 0) is 163 Å². The minimum Gasteiger partial charge on any atom is -0.456 e. The van der Waals surface area contributed by atoms with Crippen molar-refractivity contribution in [1.82, 2.24) is 39.9 Å². The first kappa shape index (κ1) is 96.5.